The number of amides is 4. The Bertz CT molecular complexity index is 601. The number of carbonyl (C=O) groups excluding carboxylic acids is 3. The van der Waals surface area contributed by atoms with Crippen LogP contribution in [0.3, 0.4) is 0 Å². The molecule has 3 rings (SSSR count). The molecule has 3 N–H and O–H groups in total. The third-order valence-corrected chi connectivity index (χ3v) is 3.53. The topological polar surface area (TPSA) is 95.7 Å². The van der Waals surface area contributed by atoms with E-state index in [4.69, 9.17) is 5.73 Å². The number of imide groups is 1. The molecule has 0 aromatic heterocycles. The van der Waals surface area contributed by atoms with Crippen molar-refractivity contribution >= 4 is 23.5 Å². The summed E-state index contributed by atoms with van der Waals surface area (Å²) in [5, 5.41) is 2.60. The van der Waals surface area contributed by atoms with Crippen LogP contribution in [0.25, 0.3) is 0 Å². The van der Waals surface area contributed by atoms with E-state index in [0.717, 1.165) is 10.5 Å². The summed E-state index contributed by atoms with van der Waals surface area (Å²) in [6, 6.07) is 5.91. The SMILES string of the molecule is NCc1cccc(N2C(=O)C3CNC(=O)CN3C2=O)c1. The van der Waals surface area contributed by atoms with Crippen molar-refractivity contribution < 1.29 is 14.4 Å². The van der Waals surface area contributed by atoms with Crippen molar-refractivity contribution in [3.8, 4) is 0 Å². The summed E-state index contributed by atoms with van der Waals surface area (Å²) >= 11 is 0. The second-order valence-corrected chi connectivity index (χ2v) is 4.78. The molecule has 7 nitrogen and oxygen atoms in total. The molecule has 7 heteroatoms. The number of piperazine rings is 1. The molecule has 2 heterocycles. The van der Waals surface area contributed by atoms with E-state index in [0.29, 0.717) is 12.2 Å². The van der Waals surface area contributed by atoms with Crippen LogP contribution < -0.4 is 16.0 Å². The fourth-order valence-corrected chi connectivity index (χ4v) is 2.50. The molecule has 20 heavy (non-hydrogen) atoms. The second-order valence-electron chi connectivity index (χ2n) is 4.78. The van der Waals surface area contributed by atoms with E-state index in [1.54, 1.807) is 18.2 Å². The lowest BCUT2D eigenvalue weighted by molar-refractivity contribution is -0.126. The number of hydrogen-bond donors (Lipinski definition) is 2. The van der Waals surface area contributed by atoms with Crippen LogP contribution in [-0.4, -0.2) is 41.9 Å². The number of nitrogens with zero attached hydrogens (tertiary/aromatic N) is 2. The van der Waals surface area contributed by atoms with Gasteiger partial charge in [0, 0.05) is 13.1 Å². The van der Waals surface area contributed by atoms with Gasteiger partial charge in [0.2, 0.25) is 5.91 Å². The van der Waals surface area contributed by atoms with Gasteiger partial charge in [0.25, 0.3) is 5.91 Å². The average Bonchev–Trinajstić information content (AvgIpc) is 2.70. The highest BCUT2D eigenvalue weighted by Gasteiger charge is 2.48. The number of hydrogen-bond acceptors (Lipinski definition) is 4. The minimum atomic E-state index is -0.610. The third-order valence-electron chi connectivity index (χ3n) is 3.53. The van der Waals surface area contributed by atoms with E-state index >= 15 is 0 Å². The molecule has 1 unspecified atom stereocenters. The summed E-state index contributed by atoms with van der Waals surface area (Å²) in [6.45, 7) is 0.413. The largest absolute Gasteiger partial charge is 0.352 e. The van der Waals surface area contributed by atoms with Crippen LogP contribution in [0.15, 0.2) is 24.3 Å². The van der Waals surface area contributed by atoms with Crippen LogP contribution in [0.4, 0.5) is 10.5 Å². The molecule has 0 spiro atoms. The van der Waals surface area contributed by atoms with Gasteiger partial charge in [0.05, 0.1) is 5.69 Å². The summed E-state index contributed by atoms with van der Waals surface area (Å²) < 4.78 is 0. The van der Waals surface area contributed by atoms with Crippen molar-refractivity contribution in [2.75, 3.05) is 18.0 Å². The molecule has 2 aliphatic heterocycles. The summed E-state index contributed by atoms with van der Waals surface area (Å²) in [6.07, 6.45) is 0. The van der Waals surface area contributed by atoms with Crippen LogP contribution in [0.2, 0.25) is 0 Å². The van der Waals surface area contributed by atoms with E-state index in [2.05, 4.69) is 5.32 Å². The summed E-state index contributed by atoms with van der Waals surface area (Å²) in [4.78, 5) is 38.4. The molecule has 1 aromatic carbocycles. The summed E-state index contributed by atoms with van der Waals surface area (Å²) in [7, 11) is 0. The second kappa shape index (κ2) is 4.61. The molecular weight excluding hydrogens is 260 g/mol. The predicted molar refractivity (Wildman–Crippen MR) is 70.7 cm³/mol. The fourth-order valence-electron chi connectivity index (χ4n) is 2.50. The number of fused-ring (bicyclic) bond motifs is 1. The summed E-state index contributed by atoms with van der Waals surface area (Å²) in [5.41, 5.74) is 6.89. The van der Waals surface area contributed by atoms with Gasteiger partial charge in [-0.2, -0.15) is 0 Å². The van der Waals surface area contributed by atoms with Crippen LogP contribution in [0, 0.1) is 0 Å². The lowest BCUT2D eigenvalue weighted by atomic mass is 10.1. The van der Waals surface area contributed by atoms with Crippen molar-refractivity contribution in [2.45, 2.75) is 12.6 Å². The van der Waals surface area contributed by atoms with Gasteiger partial charge in [-0.25, -0.2) is 9.69 Å². The van der Waals surface area contributed by atoms with Gasteiger partial charge in [0.1, 0.15) is 12.6 Å². The maximum Gasteiger partial charge on any atom is 0.332 e. The molecule has 0 radical (unpaired) electrons. The molecule has 2 saturated heterocycles. The zero-order valence-corrected chi connectivity index (χ0v) is 10.7. The maximum atomic E-state index is 12.3. The van der Waals surface area contributed by atoms with E-state index in [-0.39, 0.29) is 24.9 Å². The number of urea groups is 1. The van der Waals surface area contributed by atoms with Gasteiger partial charge < -0.3 is 16.0 Å². The first-order valence-electron chi connectivity index (χ1n) is 6.32. The fraction of sp³-hybridized carbons (Fsp3) is 0.308. The number of benzene rings is 1. The van der Waals surface area contributed by atoms with Crippen molar-refractivity contribution in [1.82, 2.24) is 10.2 Å². The van der Waals surface area contributed by atoms with Crippen molar-refractivity contribution in [2.24, 2.45) is 5.73 Å². The normalized spacial score (nSPS) is 22.1. The van der Waals surface area contributed by atoms with E-state index in [9.17, 15) is 14.4 Å². The minimum absolute atomic E-state index is 0.0810. The van der Waals surface area contributed by atoms with E-state index < -0.39 is 12.1 Å². The van der Waals surface area contributed by atoms with Crippen LogP contribution in [0.5, 0.6) is 0 Å². The molecule has 2 aliphatic rings. The monoisotopic (exact) mass is 274 g/mol. The highest BCUT2D eigenvalue weighted by atomic mass is 16.2. The molecule has 4 amide bonds. The van der Waals surface area contributed by atoms with Gasteiger partial charge >= 0.3 is 6.03 Å². The standard InChI is InChI=1S/C13H14N4O3/c14-5-8-2-1-3-9(4-8)17-12(19)10-6-15-11(18)7-16(10)13(17)20/h1-4,10H,5-7,14H2,(H,15,18). The lowest BCUT2D eigenvalue weighted by Crippen LogP contribution is -2.54. The zero-order chi connectivity index (χ0) is 14.3. The van der Waals surface area contributed by atoms with Gasteiger partial charge in [-0.3, -0.25) is 9.59 Å². The Morgan fingerprint density at radius 3 is 2.85 bits per heavy atom. The highest BCUT2D eigenvalue weighted by molar-refractivity contribution is 6.22. The average molecular weight is 274 g/mol. The van der Waals surface area contributed by atoms with Crippen LogP contribution >= 0.6 is 0 Å². The molecule has 1 atom stereocenters. The number of nitrogens with two attached hydrogens (primary N) is 1. The van der Waals surface area contributed by atoms with Crippen molar-refractivity contribution in [3.63, 3.8) is 0 Å². The van der Waals surface area contributed by atoms with E-state index in [1.165, 1.54) is 4.90 Å². The Morgan fingerprint density at radius 2 is 2.10 bits per heavy atom. The number of nitrogens with one attached hydrogen (secondary N) is 1. The first kappa shape index (κ1) is 12.6. The number of anilines is 1. The van der Waals surface area contributed by atoms with Gasteiger partial charge in [-0.1, -0.05) is 12.1 Å². The molecule has 1 aromatic rings. The predicted octanol–water partition coefficient (Wildman–Crippen LogP) is -0.588. The first-order chi connectivity index (χ1) is 9.61. The van der Waals surface area contributed by atoms with Gasteiger partial charge in [0.15, 0.2) is 0 Å². The Morgan fingerprint density at radius 1 is 1.30 bits per heavy atom. The van der Waals surface area contributed by atoms with Crippen molar-refractivity contribution in [1.29, 1.82) is 0 Å². The number of carbonyl (C=O) groups is 3. The third kappa shape index (κ3) is 1.83. The molecule has 0 aliphatic carbocycles. The smallest absolute Gasteiger partial charge is 0.332 e. The lowest BCUT2D eigenvalue weighted by Gasteiger charge is -2.26. The molecular formula is C13H14N4O3. The molecule has 2 fully saturated rings. The number of rotatable bonds is 2. The minimum Gasteiger partial charge on any atom is -0.352 e. The first-order valence-corrected chi connectivity index (χ1v) is 6.32. The molecule has 0 bridgehead atoms. The van der Waals surface area contributed by atoms with Gasteiger partial charge in [-0.15, -0.1) is 0 Å². The Balaban J connectivity index is 1.95. The van der Waals surface area contributed by atoms with Crippen LogP contribution in [-0.2, 0) is 16.1 Å². The highest BCUT2D eigenvalue weighted by Crippen LogP contribution is 2.26. The Hall–Kier alpha value is -2.41. The molecule has 0 saturated carbocycles. The summed E-state index contributed by atoms with van der Waals surface area (Å²) in [5.74, 6) is -0.566. The van der Waals surface area contributed by atoms with Gasteiger partial charge in [-0.05, 0) is 17.7 Å². The quantitative estimate of drug-likeness (QED) is 0.705. The zero-order valence-electron chi connectivity index (χ0n) is 10.7. The van der Waals surface area contributed by atoms with E-state index in [1.807, 2.05) is 6.07 Å². The van der Waals surface area contributed by atoms with Crippen LogP contribution in [0.1, 0.15) is 5.56 Å². The van der Waals surface area contributed by atoms with Crippen molar-refractivity contribution in [3.05, 3.63) is 29.8 Å². The Kier molecular flexibility index (Phi) is 2.90. The Labute approximate surface area is 115 Å². The maximum absolute atomic E-state index is 12.3. The molecule has 104 valence electrons.